The van der Waals surface area contributed by atoms with Crippen LogP contribution in [-0.2, 0) is 14.3 Å². The molecule has 0 radical (unpaired) electrons. The van der Waals surface area contributed by atoms with Crippen LogP contribution < -0.4 is 0 Å². The fourth-order valence-corrected chi connectivity index (χ4v) is 2.51. The maximum atomic E-state index is 10.0. The maximum absolute atomic E-state index is 10.0. The number of hydrogen-bond donors (Lipinski definition) is 0. The summed E-state index contributed by atoms with van der Waals surface area (Å²) in [4.78, 5) is 20.0. The normalized spacial score (nSPS) is 14.2. The van der Waals surface area contributed by atoms with Gasteiger partial charge in [-0.1, -0.05) is 89.5 Å². The second-order valence-electron chi connectivity index (χ2n) is 6.61. The Bertz CT molecular complexity index is 369. The number of esters is 2. The van der Waals surface area contributed by atoms with E-state index in [2.05, 4.69) is 42.9 Å². The van der Waals surface area contributed by atoms with Crippen molar-refractivity contribution in [1.82, 2.24) is 0 Å². The smallest absolute Gasteiger partial charge is 0.314 e. The monoisotopic (exact) mass is 350 g/mol. The number of carbonyl (C=O) groups excluding carboxylic acids is 2. The highest BCUT2D eigenvalue weighted by atomic mass is 16.6. The summed E-state index contributed by atoms with van der Waals surface area (Å²) in [7, 11) is 0. The van der Waals surface area contributed by atoms with Gasteiger partial charge in [-0.3, -0.25) is 9.59 Å². The lowest BCUT2D eigenvalue weighted by Crippen LogP contribution is -1.94. The van der Waals surface area contributed by atoms with Crippen molar-refractivity contribution in [1.29, 1.82) is 0 Å². The van der Waals surface area contributed by atoms with Crippen LogP contribution in [0.5, 0.6) is 0 Å². The van der Waals surface area contributed by atoms with E-state index in [1.165, 1.54) is 77.0 Å². The molecule has 0 bridgehead atoms. The van der Waals surface area contributed by atoms with Gasteiger partial charge < -0.3 is 4.74 Å². The molecular formula is C22H38O3. The van der Waals surface area contributed by atoms with Crippen molar-refractivity contribution in [2.45, 2.75) is 104 Å². The van der Waals surface area contributed by atoms with Gasteiger partial charge >= 0.3 is 11.9 Å². The van der Waals surface area contributed by atoms with Crippen molar-refractivity contribution >= 4 is 11.9 Å². The molecule has 1 saturated heterocycles. The van der Waals surface area contributed by atoms with Crippen molar-refractivity contribution in [2.75, 3.05) is 0 Å². The van der Waals surface area contributed by atoms with E-state index >= 15 is 0 Å². The van der Waals surface area contributed by atoms with Crippen molar-refractivity contribution in [3.05, 3.63) is 24.3 Å². The number of cyclic esters (lactones) is 2. The van der Waals surface area contributed by atoms with E-state index < -0.39 is 11.9 Å². The molecule has 3 heteroatoms. The van der Waals surface area contributed by atoms with E-state index in [9.17, 15) is 9.59 Å². The fraction of sp³-hybridized carbons (Fsp3) is 0.727. The molecule has 1 rings (SSSR count). The lowest BCUT2D eigenvalue weighted by atomic mass is 10.1. The molecule has 3 nitrogen and oxygen atoms in total. The van der Waals surface area contributed by atoms with Crippen molar-refractivity contribution in [2.24, 2.45) is 0 Å². The van der Waals surface area contributed by atoms with Crippen LogP contribution >= 0.6 is 0 Å². The number of carbonyl (C=O) groups is 2. The number of ether oxygens (including phenoxy) is 1. The summed E-state index contributed by atoms with van der Waals surface area (Å²) in [5, 5.41) is 0. The van der Waals surface area contributed by atoms with Crippen LogP contribution in [-0.4, -0.2) is 11.9 Å². The number of hydrogen-bond acceptors (Lipinski definition) is 3. The van der Waals surface area contributed by atoms with Crippen molar-refractivity contribution < 1.29 is 14.3 Å². The van der Waals surface area contributed by atoms with E-state index in [-0.39, 0.29) is 12.8 Å². The van der Waals surface area contributed by atoms with Crippen LogP contribution in [0.3, 0.4) is 0 Å². The molecule has 0 spiro atoms. The average molecular weight is 351 g/mol. The summed E-state index contributed by atoms with van der Waals surface area (Å²) in [6.45, 7) is 4.54. The Morgan fingerprint density at radius 2 is 1.08 bits per heavy atom. The Morgan fingerprint density at radius 3 is 1.48 bits per heavy atom. The largest absolute Gasteiger partial charge is 0.393 e. The third-order valence-electron chi connectivity index (χ3n) is 4.09. The van der Waals surface area contributed by atoms with Gasteiger partial charge in [-0.15, -0.1) is 0 Å². The predicted octanol–water partition coefficient (Wildman–Crippen LogP) is 6.67. The van der Waals surface area contributed by atoms with Crippen LogP contribution in [0.25, 0.3) is 0 Å². The van der Waals surface area contributed by atoms with Crippen molar-refractivity contribution in [3.63, 3.8) is 0 Å². The minimum Gasteiger partial charge on any atom is -0.393 e. The second kappa shape index (κ2) is 19.0. The molecule has 0 aromatic rings. The summed E-state index contributed by atoms with van der Waals surface area (Å²) in [6, 6.07) is 0. The van der Waals surface area contributed by atoms with E-state index in [4.69, 9.17) is 0 Å². The first-order valence-corrected chi connectivity index (χ1v) is 10.3. The summed E-state index contributed by atoms with van der Waals surface area (Å²) in [5.41, 5.74) is 0. The Labute approximate surface area is 154 Å². The average Bonchev–Trinajstić information content (AvgIpc) is 2.99. The van der Waals surface area contributed by atoms with Gasteiger partial charge in [-0.25, -0.2) is 0 Å². The molecule has 25 heavy (non-hydrogen) atoms. The predicted molar refractivity (Wildman–Crippen MR) is 105 cm³/mol. The molecule has 1 heterocycles. The van der Waals surface area contributed by atoms with Gasteiger partial charge in [0.05, 0.1) is 12.8 Å². The summed E-state index contributed by atoms with van der Waals surface area (Å²) in [6.07, 6.45) is 26.0. The Hall–Kier alpha value is -1.38. The van der Waals surface area contributed by atoms with Gasteiger partial charge in [0.1, 0.15) is 0 Å². The molecular weight excluding hydrogens is 312 g/mol. The summed E-state index contributed by atoms with van der Waals surface area (Å²) >= 11 is 0. The molecule has 0 atom stereocenters. The van der Waals surface area contributed by atoms with Gasteiger partial charge in [-0.05, 0) is 25.7 Å². The van der Waals surface area contributed by atoms with Crippen LogP contribution in [0.2, 0.25) is 0 Å². The molecule has 1 aliphatic rings. The van der Waals surface area contributed by atoms with Crippen LogP contribution in [0.15, 0.2) is 24.3 Å². The highest BCUT2D eigenvalue weighted by Gasteiger charge is 2.19. The van der Waals surface area contributed by atoms with Gasteiger partial charge in [-0.2, -0.15) is 0 Å². The molecule has 0 aromatic carbocycles. The van der Waals surface area contributed by atoms with E-state index in [1.54, 1.807) is 0 Å². The number of unbranched alkanes of at least 4 members (excludes halogenated alkanes) is 10. The fourth-order valence-electron chi connectivity index (χ4n) is 2.51. The molecule has 1 aliphatic heterocycles. The zero-order valence-corrected chi connectivity index (χ0v) is 16.4. The third kappa shape index (κ3) is 18.8. The van der Waals surface area contributed by atoms with E-state index in [0.29, 0.717) is 0 Å². The Balaban J connectivity index is 0.000000676. The van der Waals surface area contributed by atoms with E-state index in [1.807, 2.05) is 0 Å². The summed E-state index contributed by atoms with van der Waals surface area (Å²) < 4.78 is 4.08. The highest BCUT2D eigenvalue weighted by Crippen LogP contribution is 2.07. The maximum Gasteiger partial charge on any atom is 0.314 e. The van der Waals surface area contributed by atoms with Gasteiger partial charge in [0.2, 0.25) is 0 Å². The lowest BCUT2D eigenvalue weighted by Gasteiger charge is -1.97. The molecule has 0 N–H and O–H groups in total. The SMILES string of the molecule is CCCCCCC=CC=CCCCCCCCC.O=C1CCC(=O)O1. The topological polar surface area (TPSA) is 43.4 Å². The first kappa shape index (κ1) is 23.6. The second-order valence-corrected chi connectivity index (χ2v) is 6.61. The number of allylic oxidation sites excluding steroid dienone is 4. The molecule has 0 aliphatic carbocycles. The Kier molecular flexibility index (Phi) is 17.9. The quantitative estimate of drug-likeness (QED) is 0.161. The molecule has 0 unspecified atom stereocenters. The first-order chi connectivity index (χ1) is 12.2. The van der Waals surface area contributed by atoms with Gasteiger partial charge in [0.25, 0.3) is 0 Å². The minimum atomic E-state index is -0.398. The standard InChI is InChI=1S/C18H34.C4H4O3/c1-3-5-7-9-11-13-15-17-18-16-14-12-10-8-6-4-2;5-3-1-2-4(6)7-3/h13,15,17-18H,3-12,14,16H2,1-2H3;1-2H2. The number of rotatable bonds is 13. The zero-order chi connectivity index (χ0) is 18.6. The van der Waals surface area contributed by atoms with Crippen LogP contribution in [0.1, 0.15) is 104 Å². The molecule has 0 saturated carbocycles. The highest BCUT2D eigenvalue weighted by molar-refractivity contribution is 5.92. The molecule has 0 aromatic heterocycles. The van der Waals surface area contributed by atoms with Gasteiger partial charge in [0, 0.05) is 0 Å². The van der Waals surface area contributed by atoms with E-state index in [0.717, 1.165) is 0 Å². The molecule has 144 valence electrons. The van der Waals surface area contributed by atoms with Gasteiger partial charge in [0.15, 0.2) is 0 Å². The first-order valence-electron chi connectivity index (χ1n) is 10.3. The zero-order valence-electron chi connectivity index (χ0n) is 16.4. The molecule has 0 amide bonds. The lowest BCUT2D eigenvalue weighted by molar-refractivity contribution is -0.151. The molecule has 1 fully saturated rings. The third-order valence-corrected chi connectivity index (χ3v) is 4.09. The van der Waals surface area contributed by atoms with Crippen LogP contribution in [0.4, 0.5) is 0 Å². The Morgan fingerprint density at radius 1 is 0.680 bits per heavy atom. The van der Waals surface area contributed by atoms with Crippen LogP contribution in [0, 0.1) is 0 Å². The summed E-state index contributed by atoms with van der Waals surface area (Å²) in [5.74, 6) is -0.796. The van der Waals surface area contributed by atoms with Crippen molar-refractivity contribution in [3.8, 4) is 0 Å². The minimum absolute atomic E-state index is 0.263.